The van der Waals surface area contributed by atoms with E-state index in [2.05, 4.69) is 20.6 Å². The molecular formula is C20H16FN5O. The molecule has 0 aliphatic heterocycles. The van der Waals surface area contributed by atoms with E-state index in [1.165, 1.54) is 18.5 Å². The molecule has 0 saturated carbocycles. The first-order chi connectivity index (χ1) is 13.2. The molecule has 0 bridgehead atoms. The fourth-order valence-electron chi connectivity index (χ4n) is 2.43. The third-order valence-corrected chi connectivity index (χ3v) is 3.82. The number of nitrogens with zero attached hydrogens (tertiary/aromatic N) is 3. The van der Waals surface area contributed by atoms with Gasteiger partial charge in [0.2, 0.25) is 0 Å². The molecule has 27 heavy (non-hydrogen) atoms. The Kier molecular flexibility index (Phi) is 5.70. The number of aromatic nitrogens is 2. The molecule has 0 saturated heterocycles. The largest absolute Gasteiger partial charge is 0.350 e. The predicted molar refractivity (Wildman–Crippen MR) is 98.9 cm³/mol. The summed E-state index contributed by atoms with van der Waals surface area (Å²) in [5.41, 5.74) is 2.04. The molecular weight excluding hydrogens is 345 g/mol. The van der Waals surface area contributed by atoms with Crippen LogP contribution < -0.4 is 10.6 Å². The second-order valence-corrected chi connectivity index (χ2v) is 5.70. The van der Waals surface area contributed by atoms with E-state index in [-0.39, 0.29) is 17.4 Å². The Morgan fingerprint density at radius 3 is 2.63 bits per heavy atom. The second kappa shape index (κ2) is 8.54. The van der Waals surface area contributed by atoms with Crippen molar-refractivity contribution in [3.05, 3.63) is 83.6 Å². The maximum absolute atomic E-state index is 13.6. The number of rotatable bonds is 6. The van der Waals surface area contributed by atoms with Crippen LogP contribution in [0.5, 0.6) is 0 Å². The molecule has 1 amide bonds. The highest BCUT2D eigenvalue weighted by molar-refractivity contribution is 5.92. The Bertz CT molecular complexity index is 982. The maximum Gasteiger partial charge on any atom is 0.270 e. The van der Waals surface area contributed by atoms with Crippen LogP contribution in [0.3, 0.4) is 0 Å². The van der Waals surface area contributed by atoms with Crippen molar-refractivity contribution < 1.29 is 9.18 Å². The lowest BCUT2D eigenvalue weighted by molar-refractivity contribution is 0.0949. The lowest BCUT2D eigenvalue weighted by Gasteiger charge is -2.08. The molecule has 134 valence electrons. The molecule has 0 aliphatic carbocycles. The first kappa shape index (κ1) is 18.0. The SMILES string of the molecule is N#Cc1ccc(Nc2cc(C(=O)NCCc3ccccc3F)ncn2)cc1. The van der Waals surface area contributed by atoms with E-state index in [1.54, 1.807) is 42.5 Å². The molecule has 1 heterocycles. The number of halogens is 1. The predicted octanol–water partition coefficient (Wildman–Crippen LogP) is 3.20. The first-order valence-corrected chi connectivity index (χ1v) is 8.26. The minimum atomic E-state index is -0.364. The van der Waals surface area contributed by atoms with Crippen LogP contribution in [0, 0.1) is 17.1 Å². The van der Waals surface area contributed by atoms with Gasteiger partial charge in [-0.3, -0.25) is 4.79 Å². The van der Waals surface area contributed by atoms with Crippen LogP contribution in [0.15, 0.2) is 60.9 Å². The van der Waals surface area contributed by atoms with Gasteiger partial charge in [-0.05, 0) is 42.3 Å². The summed E-state index contributed by atoms with van der Waals surface area (Å²) in [6.45, 7) is 0.294. The summed E-state index contributed by atoms with van der Waals surface area (Å²) >= 11 is 0. The maximum atomic E-state index is 13.6. The summed E-state index contributed by atoms with van der Waals surface area (Å²) in [5.74, 6) is -0.201. The van der Waals surface area contributed by atoms with Gasteiger partial charge < -0.3 is 10.6 Å². The van der Waals surface area contributed by atoms with Gasteiger partial charge >= 0.3 is 0 Å². The second-order valence-electron chi connectivity index (χ2n) is 5.70. The van der Waals surface area contributed by atoms with Crippen LogP contribution in [-0.4, -0.2) is 22.4 Å². The Hall–Kier alpha value is -3.79. The molecule has 0 spiro atoms. The fraction of sp³-hybridized carbons (Fsp3) is 0.100. The van der Waals surface area contributed by atoms with E-state index < -0.39 is 0 Å². The van der Waals surface area contributed by atoms with Crippen molar-refractivity contribution >= 4 is 17.4 Å². The van der Waals surface area contributed by atoms with Gasteiger partial charge in [-0.1, -0.05) is 18.2 Å². The van der Waals surface area contributed by atoms with E-state index in [4.69, 9.17) is 5.26 Å². The quantitative estimate of drug-likeness (QED) is 0.704. The van der Waals surface area contributed by atoms with Crippen molar-refractivity contribution in [2.75, 3.05) is 11.9 Å². The molecule has 3 aromatic rings. The topological polar surface area (TPSA) is 90.7 Å². The minimum Gasteiger partial charge on any atom is -0.350 e. The van der Waals surface area contributed by atoms with Crippen LogP contribution >= 0.6 is 0 Å². The van der Waals surface area contributed by atoms with Crippen LogP contribution in [0.2, 0.25) is 0 Å². The smallest absolute Gasteiger partial charge is 0.270 e. The number of carbonyl (C=O) groups excluding carboxylic acids is 1. The lowest BCUT2D eigenvalue weighted by atomic mass is 10.1. The zero-order valence-electron chi connectivity index (χ0n) is 14.3. The van der Waals surface area contributed by atoms with Gasteiger partial charge in [0.15, 0.2) is 0 Å². The summed E-state index contributed by atoms with van der Waals surface area (Å²) in [6, 6.07) is 16.9. The number of benzene rings is 2. The van der Waals surface area contributed by atoms with E-state index in [9.17, 15) is 9.18 Å². The molecule has 0 aliphatic rings. The number of hydrogen-bond donors (Lipinski definition) is 2. The highest BCUT2D eigenvalue weighted by Gasteiger charge is 2.09. The summed E-state index contributed by atoms with van der Waals surface area (Å²) in [6.07, 6.45) is 1.68. The number of anilines is 2. The van der Waals surface area contributed by atoms with Crippen molar-refractivity contribution in [2.24, 2.45) is 0 Å². The number of amides is 1. The van der Waals surface area contributed by atoms with E-state index in [0.29, 0.717) is 29.9 Å². The first-order valence-electron chi connectivity index (χ1n) is 8.26. The summed E-state index contributed by atoms with van der Waals surface area (Å²) in [5, 5.41) is 14.6. The molecule has 2 N–H and O–H groups in total. The van der Waals surface area contributed by atoms with Gasteiger partial charge in [0.05, 0.1) is 11.6 Å². The Morgan fingerprint density at radius 1 is 1.11 bits per heavy atom. The van der Waals surface area contributed by atoms with Gasteiger partial charge in [0, 0.05) is 18.3 Å². The minimum absolute atomic E-state index is 0.203. The average molecular weight is 361 g/mol. The number of carbonyl (C=O) groups is 1. The molecule has 0 fully saturated rings. The highest BCUT2D eigenvalue weighted by Crippen LogP contribution is 2.15. The van der Waals surface area contributed by atoms with Crippen LogP contribution in [0.25, 0.3) is 0 Å². The van der Waals surface area contributed by atoms with Gasteiger partial charge in [-0.2, -0.15) is 5.26 Å². The molecule has 2 aromatic carbocycles. The zero-order chi connectivity index (χ0) is 19.1. The molecule has 3 rings (SSSR count). The molecule has 1 aromatic heterocycles. The number of nitriles is 1. The highest BCUT2D eigenvalue weighted by atomic mass is 19.1. The van der Waals surface area contributed by atoms with E-state index in [0.717, 1.165) is 5.69 Å². The monoisotopic (exact) mass is 361 g/mol. The van der Waals surface area contributed by atoms with Crippen molar-refractivity contribution in [2.45, 2.75) is 6.42 Å². The van der Waals surface area contributed by atoms with Crippen LogP contribution in [-0.2, 0) is 6.42 Å². The fourth-order valence-corrected chi connectivity index (χ4v) is 2.43. The molecule has 0 unspecified atom stereocenters. The van der Waals surface area contributed by atoms with Gasteiger partial charge in [0.25, 0.3) is 5.91 Å². The third kappa shape index (κ3) is 4.86. The third-order valence-electron chi connectivity index (χ3n) is 3.82. The Balaban J connectivity index is 1.59. The van der Waals surface area contributed by atoms with Gasteiger partial charge in [-0.15, -0.1) is 0 Å². The van der Waals surface area contributed by atoms with Crippen LogP contribution in [0.1, 0.15) is 21.6 Å². The van der Waals surface area contributed by atoms with Crippen molar-refractivity contribution in [1.82, 2.24) is 15.3 Å². The molecule has 7 heteroatoms. The van der Waals surface area contributed by atoms with Gasteiger partial charge in [-0.25, -0.2) is 14.4 Å². The number of hydrogen-bond acceptors (Lipinski definition) is 5. The standard InChI is InChI=1S/C20H16FN5O/c21-17-4-2-1-3-15(17)9-10-23-20(27)18-11-19(25-13-24-18)26-16-7-5-14(12-22)6-8-16/h1-8,11,13H,9-10H2,(H,23,27)(H,24,25,26). The normalized spacial score (nSPS) is 10.1. The van der Waals surface area contributed by atoms with E-state index >= 15 is 0 Å². The average Bonchev–Trinajstić information content (AvgIpc) is 2.70. The molecule has 6 nitrogen and oxygen atoms in total. The molecule has 0 atom stereocenters. The summed E-state index contributed by atoms with van der Waals surface area (Å²) in [4.78, 5) is 20.3. The van der Waals surface area contributed by atoms with E-state index in [1.807, 2.05) is 6.07 Å². The van der Waals surface area contributed by atoms with Crippen molar-refractivity contribution in [3.8, 4) is 6.07 Å². The Labute approximate surface area is 155 Å². The van der Waals surface area contributed by atoms with Crippen LogP contribution in [0.4, 0.5) is 15.9 Å². The Morgan fingerprint density at radius 2 is 1.89 bits per heavy atom. The summed E-state index contributed by atoms with van der Waals surface area (Å²) in [7, 11) is 0. The molecule has 0 radical (unpaired) electrons. The lowest BCUT2D eigenvalue weighted by Crippen LogP contribution is -2.26. The zero-order valence-corrected chi connectivity index (χ0v) is 14.3. The van der Waals surface area contributed by atoms with Gasteiger partial charge in [0.1, 0.15) is 23.7 Å². The summed E-state index contributed by atoms with van der Waals surface area (Å²) < 4.78 is 13.6. The van der Waals surface area contributed by atoms with Crippen molar-refractivity contribution in [1.29, 1.82) is 5.26 Å². The van der Waals surface area contributed by atoms with Crippen molar-refractivity contribution in [3.63, 3.8) is 0 Å². The number of nitrogens with one attached hydrogen (secondary N) is 2.